The second kappa shape index (κ2) is 6.20. The number of aryl methyl sites for hydroxylation is 1. The minimum atomic E-state index is 0.570. The Hall–Kier alpha value is -0.350. The largest absolute Gasteiger partial charge is 0.130 e. The lowest BCUT2D eigenvalue weighted by Gasteiger charge is -2.03. The van der Waals surface area contributed by atoms with Crippen LogP contribution in [-0.2, 0) is 0 Å². The SMILES string of the molecule is CC.Cc1ccc(C(C)P)cc1. The van der Waals surface area contributed by atoms with Crippen LogP contribution in [0.5, 0.6) is 0 Å². The van der Waals surface area contributed by atoms with Gasteiger partial charge in [-0.2, -0.15) is 0 Å². The molecular weight excluding hydrogens is 163 g/mol. The molecule has 0 aliphatic carbocycles. The van der Waals surface area contributed by atoms with Crippen molar-refractivity contribution in [2.24, 2.45) is 0 Å². The van der Waals surface area contributed by atoms with Gasteiger partial charge < -0.3 is 0 Å². The predicted octanol–water partition coefficient (Wildman–Crippen LogP) is 3.96. The second-order valence-corrected chi connectivity index (χ2v) is 3.70. The van der Waals surface area contributed by atoms with Crippen LogP contribution < -0.4 is 0 Å². The molecule has 1 rings (SSSR count). The lowest BCUT2D eigenvalue weighted by molar-refractivity contribution is 1.10. The Balaban J connectivity index is 0.000000561. The van der Waals surface area contributed by atoms with Crippen LogP contribution in [0.2, 0.25) is 0 Å². The van der Waals surface area contributed by atoms with Gasteiger partial charge in [0.25, 0.3) is 0 Å². The molecule has 0 fully saturated rings. The number of hydrogen-bond acceptors (Lipinski definition) is 0. The summed E-state index contributed by atoms with van der Waals surface area (Å²) < 4.78 is 0. The summed E-state index contributed by atoms with van der Waals surface area (Å²) in [5, 5.41) is 0. The fraction of sp³-hybridized carbons (Fsp3) is 0.455. The second-order valence-electron chi connectivity index (χ2n) is 2.70. The molecular formula is C11H19P. The van der Waals surface area contributed by atoms with E-state index in [0.717, 1.165) is 0 Å². The van der Waals surface area contributed by atoms with E-state index in [1.807, 2.05) is 13.8 Å². The van der Waals surface area contributed by atoms with E-state index in [9.17, 15) is 0 Å². The molecule has 0 nitrogen and oxygen atoms in total. The lowest BCUT2D eigenvalue weighted by Crippen LogP contribution is -1.81. The Morgan fingerprint density at radius 1 is 1.08 bits per heavy atom. The molecule has 0 heterocycles. The fourth-order valence-corrected chi connectivity index (χ4v) is 1.09. The maximum absolute atomic E-state index is 2.79. The van der Waals surface area contributed by atoms with Gasteiger partial charge in [0.2, 0.25) is 0 Å². The van der Waals surface area contributed by atoms with Gasteiger partial charge in [0, 0.05) is 0 Å². The van der Waals surface area contributed by atoms with Gasteiger partial charge in [0.15, 0.2) is 0 Å². The first kappa shape index (κ1) is 11.6. The molecule has 0 amide bonds. The summed E-state index contributed by atoms with van der Waals surface area (Å²) in [5.41, 5.74) is 3.28. The molecule has 1 aromatic rings. The van der Waals surface area contributed by atoms with Crippen LogP contribution in [-0.4, -0.2) is 0 Å². The van der Waals surface area contributed by atoms with Crippen molar-refractivity contribution in [3.05, 3.63) is 35.4 Å². The van der Waals surface area contributed by atoms with Crippen LogP contribution in [0.3, 0.4) is 0 Å². The van der Waals surface area contributed by atoms with Gasteiger partial charge in [0.05, 0.1) is 0 Å². The molecule has 1 aromatic carbocycles. The van der Waals surface area contributed by atoms with Crippen molar-refractivity contribution in [1.82, 2.24) is 0 Å². The van der Waals surface area contributed by atoms with E-state index in [0.29, 0.717) is 5.66 Å². The summed E-state index contributed by atoms with van der Waals surface area (Å²) >= 11 is 0. The van der Waals surface area contributed by atoms with E-state index >= 15 is 0 Å². The molecule has 0 saturated carbocycles. The summed E-state index contributed by atoms with van der Waals surface area (Å²) in [7, 11) is 2.79. The highest BCUT2D eigenvalue weighted by atomic mass is 31.0. The first-order valence-electron chi connectivity index (χ1n) is 4.52. The number of rotatable bonds is 1. The summed E-state index contributed by atoms with van der Waals surface area (Å²) in [6, 6.07) is 8.64. The van der Waals surface area contributed by atoms with Crippen LogP contribution in [0.4, 0.5) is 0 Å². The number of hydrogen-bond donors (Lipinski definition) is 0. The van der Waals surface area contributed by atoms with E-state index in [2.05, 4.69) is 47.4 Å². The van der Waals surface area contributed by atoms with Crippen molar-refractivity contribution in [2.75, 3.05) is 0 Å². The normalized spacial score (nSPS) is 11.4. The van der Waals surface area contributed by atoms with Crippen molar-refractivity contribution in [2.45, 2.75) is 33.4 Å². The summed E-state index contributed by atoms with van der Waals surface area (Å²) in [5.74, 6) is 0. The molecule has 0 saturated heterocycles. The summed E-state index contributed by atoms with van der Waals surface area (Å²) in [6.07, 6.45) is 0. The molecule has 0 radical (unpaired) electrons. The van der Waals surface area contributed by atoms with E-state index in [1.54, 1.807) is 0 Å². The zero-order valence-corrected chi connectivity index (χ0v) is 9.62. The van der Waals surface area contributed by atoms with Crippen molar-refractivity contribution in [3.63, 3.8) is 0 Å². The number of benzene rings is 1. The average molecular weight is 182 g/mol. The summed E-state index contributed by atoms with van der Waals surface area (Å²) in [4.78, 5) is 0. The molecule has 2 atom stereocenters. The monoisotopic (exact) mass is 182 g/mol. The zero-order valence-electron chi connectivity index (χ0n) is 8.46. The predicted molar refractivity (Wildman–Crippen MR) is 60.7 cm³/mol. The maximum Gasteiger partial charge on any atom is -0.00428 e. The van der Waals surface area contributed by atoms with E-state index in [4.69, 9.17) is 0 Å². The van der Waals surface area contributed by atoms with Crippen molar-refractivity contribution in [3.8, 4) is 0 Å². The van der Waals surface area contributed by atoms with Crippen molar-refractivity contribution < 1.29 is 0 Å². The molecule has 68 valence electrons. The van der Waals surface area contributed by atoms with E-state index in [1.165, 1.54) is 11.1 Å². The quantitative estimate of drug-likeness (QED) is 0.577. The molecule has 2 unspecified atom stereocenters. The third-order valence-corrected chi connectivity index (χ3v) is 1.99. The minimum Gasteiger partial charge on any atom is -0.130 e. The van der Waals surface area contributed by atoms with Gasteiger partial charge in [-0.1, -0.05) is 50.6 Å². The highest BCUT2D eigenvalue weighted by molar-refractivity contribution is 7.17. The Kier molecular flexibility index (Phi) is 6.02. The van der Waals surface area contributed by atoms with Gasteiger partial charge in [-0.3, -0.25) is 0 Å². The third kappa shape index (κ3) is 3.88. The molecule has 0 bridgehead atoms. The van der Waals surface area contributed by atoms with Crippen molar-refractivity contribution in [1.29, 1.82) is 0 Å². The molecule has 0 aromatic heterocycles. The van der Waals surface area contributed by atoms with Gasteiger partial charge in [-0.15, -0.1) is 9.24 Å². The molecule has 0 N–H and O–H groups in total. The molecule has 0 spiro atoms. The first-order valence-corrected chi connectivity index (χ1v) is 5.19. The highest BCUT2D eigenvalue weighted by Crippen LogP contribution is 2.21. The zero-order chi connectivity index (χ0) is 9.56. The Labute approximate surface area is 78.6 Å². The van der Waals surface area contributed by atoms with Crippen LogP contribution in [0.15, 0.2) is 24.3 Å². The van der Waals surface area contributed by atoms with Gasteiger partial charge in [0.1, 0.15) is 0 Å². The molecule has 0 aliphatic heterocycles. The van der Waals surface area contributed by atoms with Crippen LogP contribution in [0.1, 0.15) is 37.6 Å². The molecule has 1 heteroatoms. The average Bonchev–Trinajstić information content (AvgIpc) is 2.09. The van der Waals surface area contributed by atoms with Gasteiger partial charge in [-0.05, 0) is 18.1 Å². The Bertz CT molecular complexity index is 199. The van der Waals surface area contributed by atoms with Crippen molar-refractivity contribution >= 4 is 9.24 Å². The van der Waals surface area contributed by atoms with Gasteiger partial charge >= 0.3 is 0 Å². The smallest absolute Gasteiger partial charge is 0.00428 e. The standard InChI is InChI=1S/C9H13P.C2H6/c1-7-3-5-9(6-4-7)8(2)10;1-2/h3-6,8H,10H2,1-2H3;1-2H3. The maximum atomic E-state index is 2.79. The van der Waals surface area contributed by atoms with E-state index in [-0.39, 0.29) is 0 Å². The summed E-state index contributed by atoms with van der Waals surface area (Å²) in [6.45, 7) is 8.28. The third-order valence-electron chi connectivity index (χ3n) is 1.60. The fourth-order valence-electron chi connectivity index (χ4n) is 0.870. The topological polar surface area (TPSA) is 0 Å². The lowest BCUT2D eigenvalue weighted by atomic mass is 10.1. The molecule has 0 aliphatic rings. The van der Waals surface area contributed by atoms with E-state index < -0.39 is 0 Å². The minimum absolute atomic E-state index is 0.570. The van der Waals surface area contributed by atoms with Gasteiger partial charge in [-0.25, -0.2) is 0 Å². The Morgan fingerprint density at radius 3 is 1.83 bits per heavy atom. The molecule has 12 heavy (non-hydrogen) atoms. The first-order chi connectivity index (χ1) is 5.70. The van der Waals surface area contributed by atoms with Crippen LogP contribution >= 0.6 is 9.24 Å². The Morgan fingerprint density at radius 2 is 1.50 bits per heavy atom. The highest BCUT2D eigenvalue weighted by Gasteiger charge is 1.95. The van der Waals surface area contributed by atoms with Crippen LogP contribution in [0.25, 0.3) is 0 Å². The van der Waals surface area contributed by atoms with Crippen LogP contribution in [0, 0.1) is 6.92 Å².